The minimum Gasteiger partial charge on any atom is -0.478 e. The number of aromatic nitrogens is 2. The third kappa shape index (κ3) is 2.18. The second-order valence-electron chi connectivity index (χ2n) is 5.30. The van der Waals surface area contributed by atoms with Gasteiger partial charge in [-0.2, -0.15) is 0 Å². The molecule has 0 aliphatic carbocycles. The summed E-state index contributed by atoms with van der Waals surface area (Å²) in [5.41, 5.74) is 1.22. The van der Waals surface area contributed by atoms with E-state index in [4.69, 9.17) is 0 Å². The zero-order chi connectivity index (χ0) is 14.9. The lowest BCUT2D eigenvalue weighted by atomic mass is 9.93. The Labute approximate surface area is 117 Å². The van der Waals surface area contributed by atoms with E-state index in [1.54, 1.807) is 12.1 Å². The molecule has 5 nitrogen and oxygen atoms in total. The maximum Gasteiger partial charge on any atom is 0.337 e. The summed E-state index contributed by atoms with van der Waals surface area (Å²) in [5, 5.41) is 18.7. The number of hydrogen-bond acceptors (Lipinski definition) is 3. The van der Waals surface area contributed by atoms with Gasteiger partial charge in [-0.25, -0.2) is 9.78 Å². The molecule has 0 aliphatic rings. The SMILES string of the molecule is CCC(C)(CCO)n1c(C)nc2cccc(C(=O)O)c21. The average Bonchev–Trinajstić information content (AvgIpc) is 2.74. The van der Waals surface area contributed by atoms with Crippen molar-refractivity contribution in [2.75, 3.05) is 6.61 Å². The number of rotatable bonds is 5. The molecule has 2 rings (SSSR count). The second kappa shape index (κ2) is 5.25. The first-order valence-electron chi connectivity index (χ1n) is 6.77. The number of carboxylic acid groups (broad SMARTS) is 1. The van der Waals surface area contributed by atoms with E-state index in [2.05, 4.69) is 4.98 Å². The topological polar surface area (TPSA) is 75.3 Å². The Kier molecular flexibility index (Phi) is 3.81. The van der Waals surface area contributed by atoms with E-state index in [1.807, 2.05) is 31.4 Å². The molecule has 2 N–H and O–H groups in total. The zero-order valence-corrected chi connectivity index (χ0v) is 12.1. The number of nitrogens with zero attached hydrogens (tertiary/aromatic N) is 2. The van der Waals surface area contributed by atoms with Crippen LogP contribution in [0, 0.1) is 6.92 Å². The van der Waals surface area contributed by atoms with Gasteiger partial charge < -0.3 is 14.8 Å². The third-order valence-electron chi connectivity index (χ3n) is 4.03. The monoisotopic (exact) mass is 276 g/mol. The average molecular weight is 276 g/mol. The highest BCUT2D eigenvalue weighted by Gasteiger charge is 2.29. The maximum absolute atomic E-state index is 11.5. The lowest BCUT2D eigenvalue weighted by Gasteiger charge is -2.32. The summed E-state index contributed by atoms with van der Waals surface area (Å²) < 4.78 is 1.96. The highest BCUT2D eigenvalue weighted by atomic mass is 16.4. The molecule has 1 heterocycles. The van der Waals surface area contributed by atoms with Crippen molar-refractivity contribution in [1.29, 1.82) is 0 Å². The Morgan fingerprint density at radius 3 is 2.70 bits per heavy atom. The lowest BCUT2D eigenvalue weighted by Crippen LogP contribution is -2.32. The second-order valence-corrected chi connectivity index (χ2v) is 5.30. The quantitative estimate of drug-likeness (QED) is 0.880. The smallest absolute Gasteiger partial charge is 0.337 e. The number of aliphatic hydroxyl groups excluding tert-OH is 1. The maximum atomic E-state index is 11.5. The summed E-state index contributed by atoms with van der Waals surface area (Å²) in [5.74, 6) is -0.189. The van der Waals surface area contributed by atoms with Gasteiger partial charge in [-0.1, -0.05) is 13.0 Å². The molecule has 0 aliphatic heterocycles. The van der Waals surface area contributed by atoms with Crippen molar-refractivity contribution >= 4 is 17.0 Å². The van der Waals surface area contributed by atoms with Crippen molar-refractivity contribution < 1.29 is 15.0 Å². The van der Waals surface area contributed by atoms with Crippen LogP contribution in [-0.2, 0) is 5.54 Å². The van der Waals surface area contributed by atoms with E-state index in [9.17, 15) is 15.0 Å². The number of aliphatic hydroxyl groups is 1. The number of aromatic carboxylic acids is 1. The molecule has 5 heteroatoms. The van der Waals surface area contributed by atoms with E-state index in [0.29, 0.717) is 17.5 Å². The summed E-state index contributed by atoms with van der Waals surface area (Å²) in [4.78, 5) is 15.9. The molecule has 0 radical (unpaired) electrons. The number of fused-ring (bicyclic) bond motifs is 1. The fourth-order valence-corrected chi connectivity index (χ4v) is 2.76. The minimum absolute atomic E-state index is 0.0543. The Morgan fingerprint density at radius 2 is 2.15 bits per heavy atom. The summed E-state index contributed by atoms with van der Waals surface area (Å²) in [6.07, 6.45) is 1.34. The largest absolute Gasteiger partial charge is 0.478 e. The number of carbonyl (C=O) groups is 1. The van der Waals surface area contributed by atoms with Gasteiger partial charge in [-0.3, -0.25) is 0 Å². The van der Waals surface area contributed by atoms with Gasteiger partial charge in [0.25, 0.3) is 0 Å². The highest BCUT2D eigenvalue weighted by molar-refractivity contribution is 6.01. The standard InChI is InChI=1S/C15H20N2O3/c1-4-15(3,8-9-18)17-10(2)16-12-7-5-6-11(13(12)17)14(19)20/h5-7,18H,4,8-9H2,1-3H3,(H,19,20). The number of carboxylic acids is 1. The van der Waals surface area contributed by atoms with Crippen LogP contribution in [0.5, 0.6) is 0 Å². The predicted octanol–water partition coefficient (Wildman–Crippen LogP) is 2.55. The van der Waals surface area contributed by atoms with Crippen LogP contribution in [0.2, 0.25) is 0 Å². The van der Waals surface area contributed by atoms with E-state index in [0.717, 1.165) is 12.2 Å². The van der Waals surface area contributed by atoms with Crippen LogP contribution < -0.4 is 0 Å². The Morgan fingerprint density at radius 1 is 1.45 bits per heavy atom. The van der Waals surface area contributed by atoms with E-state index in [1.165, 1.54) is 0 Å². The fourth-order valence-electron chi connectivity index (χ4n) is 2.76. The molecule has 20 heavy (non-hydrogen) atoms. The molecule has 0 bridgehead atoms. The van der Waals surface area contributed by atoms with Crippen molar-refractivity contribution in [3.8, 4) is 0 Å². The number of benzene rings is 1. The van der Waals surface area contributed by atoms with E-state index >= 15 is 0 Å². The molecule has 1 atom stereocenters. The van der Waals surface area contributed by atoms with Crippen molar-refractivity contribution in [3.05, 3.63) is 29.6 Å². The van der Waals surface area contributed by atoms with E-state index in [-0.39, 0.29) is 17.7 Å². The zero-order valence-electron chi connectivity index (χ0n) is 12.1. The molecule has 0 saturated carbocycles. The molecule has 1 aromatic heterocycles. The Bertz CT molecular complexity index is 648. The Hall–Kier alpha value is -1.88. The first kappa shape index (κ1) is 14.5. The minimum atomic E-state index is -0.959. The van der Waals surface area contributed by atoms with Crippen LogP contribution >= 0.6 is 0 Å². The molecule has 0 fully saturated rings. The molecular weight excluding hydrogens is 256 g/mol. The molecular formula is C15H20N2O3. The normalized spacial score (nSPS) is 14.4. The summed E-state index contributed by atoms with van der Waals surface area (Å²) in [7, 11) is 0. The summed E-state index contributed by atoms with van der Waals surface area (Å²) >= 11 is 0. The molecule has 0 spiro atoms. The number of aryl methyl sites for hydroxylation is 1. The van der Waals surface area contributed by atoms with Gasteiger partial charge in [-0.15, -0.1) is 0 Å². The number of para-hydroxylation sites is 1. The summed E-state index contributed by atoms with van der Waals surface area (Å²) in [6.45, 7) is 5.98. The van der Waals surface area contributed by atoms with Crippen molar-refractivity contribution in [3.63, 3.8) is 0 Å². The molecule has 0 saturated heterocycles. The predicted molar refractivity (Wildman–Crippen MR) is 77.1 cm³/mol. The van der Waals surface area contributed by atoms with Gasteiger partial charge in [0.1, 0.15) is 5.82 Å². The molecule has 1 unspecified atom stereocenters. The first-order chi connectivity index (χ1) is 9.44. The molecule has 2 aromatic rings. The van der Waals surface area contributed by atoms with Crippen molar-refractivity contribution in [2.24, 2.45) is 0 Å². The van der Waals surface area contributed by atoms with Crippen LogP contribution in [0.25, 0.3) is 11.0 Å². The first-order valence-corrected chi connectivity index (χ1v) is 6.77. The van der Waals surface area contributed by atoms with Gasteiger partial charge in [-0.05, 0) is 38.8 Å². The van der Waals surface area contributed by atoms with Crippen LogP contribution in [0.3, 0.4) is 0 Å². The van der Waals surface area contributed by atoms with E-state index < -0.39 is 5.97 Å². The number of hydrogen-bond donors (Lipinski definition) is 2. The number of imidazole rings is 1. The molecule has 108 valence electrons. The van der Waals surface area contributed by atoms with Gasteiger partial charge in [0.2, 0.25) is 0 Å². The van der Waals surface area contributed by atoms with Crippen molar-refractivity contribution in [2.45, 2.75) is 39.2 Å². The lowest BCUT2D eigenvalue weighted by molar-refractivity contribution is 0.0698. The van der Waals surface area contributed by atoms with Gasteiger partial charge in [0, 0.05) is 12.1 Å². The van der Waals surface area contributed by atoms with Gasteiger partial charge in [0.05, 0.1) is 16.6 Å². The van der Waals surface area contributed by atoms with Crippen molar-refractivity contribution in [1.82, 2.24) is 9.55 Å². The van der Waals surface area contributed by atoms with Gasteiger partial charge >= 0.3 is 5.97 Å². The van der Waals surface area contributed by atoms with Crippen LogP contribution in [-0.4, -0.2) is 32.3 Å². The summed E-state index contributed by atoms with van der Waals surface area (Å²) in [6, 6.07) is 5.12. The Balaban J connectivity index is 2.81. The van der Waals surface area contributed by atoms with Crippen LogP contribution in [0.1, 0.15) is 42.9 Å². The fraction of sp³-hybridized carbons (Fsp3) is 0.467. The molecule has 0 amide bonds. The van der Waals surface area contributed by atoms with Crippen LogP contribution in [0.15, 0.2) is 18.2 Å². The van der Waals surface area contributed by atoms with Crippen LogP contribution in [0.4, 0.5) is 0 Å². The molecule has 1 aromatic carbocycles. The highest BCUT2D eigenvalue weighted by Crippen LogP contribution is 2.32. The third-order valence-corrected chi connectivity index (χ3v) is 4.03. The van der Waals surface area contributed by atoms with Gasteiger partial charge in [0.15, 0.2) is 0 Å².